The third-order valence-electron chi connectivity index (χ3n) is 4.32. The van der Waals surface area contributed by atoms with E-state index in [1.807, 2.05) is 6.92 Å². The number of hydrogen-bond donors (Lipinski definition) is 2. The number of rotatable bonds is 5. The first-order valence-electron chi connectivity index (χ1n) is 8.13. The molecule has 1 aliphatic rings. The molecule has 0 aromatic carbocycles. The Morgan fingerprint density at radius 3 is 2.88 bits per heavy atom. The molecule has 7 nitrogen and oxygen atoms in total. The molecule has 2 N–H and O–H groups in total. The maximum absolute atomic E-state index is 12.2. The van der Waals surface area contributed by atoms with Crippen molar-refractivity contribution in [1.82, 2.24) is 25.5 Å². The summed E-state index contributed by atoms with van der Waals surface area (Å²) in [7, 11) is 0. The molecule has 0 saturated carbocycles. The van der Waals surface area contributed by atoms with Gasteiger partial charge in [-0.05, 0) is 31.7 Å². The zero-order valence-corrected chi connectivity index (χ0v) is 14.5. The van der Waals surface area contributed by atoms with E-state index in [1.165, 1.54) is 0 Å². The van der Waals surface area contributed by atoms with Crippen LogP contribution in [0, 0.1) is 5.92 Å². The summed E-state index contributed by atoms with van der Waals surface area (Å²) in [4.78, 5) is 22.9. The SMILES string of the molecule is CCc1cc(C(=O)NCC2CC(C)N(c3ncc(Cl)cn3)C2)n[nH]1. The van der Waals surface area contributed by atoms with Crippen LogP contribution in [0.5, 0.6) is 0 Å². The number of anilines is 1. The number of carbonyl (C=O) groups is 1. The molecule has 0 radical (unpaired) electrons. The lowest BCUT2D eigenvalue weighted by atomic mass is 10.1. The summed E-state index contributed by atoms with van der Waals surface area (Å²) in [5, 5.41) is 10.4. The van der Waals surface area contributed by atoms with Crippen LogP contribution in [0.2, 0.25) is 5.02 Å². The molecule has 0 spiro atoms. The van der Waals surface area contributed by atoms with Crippen LogP contribution in [0.4, 0.5) is 5.95 Å². The topological polar surface area (TPSA) is 86.8 Å². The second kappa shape index (κ2) is 7.17. The Kier molecular flexibility index (Phi) is 4.99. The molecule has 2 aromatic heterocycles. The predicted molar refractivity (Wildman–Crippen MR) is 92.3 cm³/mol. The number of carbonyl (C=O) groups excluding carboxylic acids is 1. The average molecular weight is 349 g/mol. The van der Waals surface area contributed by atoms with Crippen LogP contribution in [0.1, 0.15) is 36.5 Å². The van der Waals surface area contributed by atoms with E-state index in [2.05, 4.69) is 37.3 Å². The van der Waals surface area contributed by atoms with E-state index in [0.717, 1.165) is 25.1 Å². The molecule has 3 heterocycles. The minimum atomic E-state index is -0.139. The van der Waals surface area contributed by atoms with Crippen molar-refractivity contribution in [2.75, 3.05) is 18.0 Å². The van der Waals surface area contributed by atoms with E-state index in [9.17, 15) is 4.79 Å². The van der Waals surface area contributed by atoms with Crippen LogP contribution in [-0.2, 0) is 6.42 Å². The Morgan fingerprint density at radius 1 is 1.46 bits per heavy atom. The van der Waals surface area contributed by atoms with Crippen molar-refractivity contribution < 1.29 is 4.79 Å². The van der Waals surface area contributed by atoms with Gasteiger partial charge in [0.1, 0.15) is 5.69 Å². The van der Waals surface area contributed by atoms with Crippen molar-refractivity contribution in [3.8, 4) is 0 Å². The van der Waals surface area contributed by atoms with Crippen LogP contribution in [-0.4, -0.2) is 45.2 Å². The molecular formula is C16H21ClN6O. The third-order valence-corrected chi connectivity index (χ3v) is 4.52. The molecule has 1 saturated heterocycles. The molecule has 0 aliphatic carbocycles. The van der Waals surface area contributed by atoms with Gasteiger partial charge >= 0.3 is 0 Å². The summed E-state index contributed by atoms with van der Waals surface area (Å²) in [5.74, 6) is 0.897. The highest BCUT2D eigenvalue weighted by Crippen LogP contribution is 2.26. The first-order valence-corrected chi connectivity index (χ1v) is 8.51. The summed E-state index contributed by atoms with van der Waals surface area (Å²) in [5.41, 5.74) is 1.40. The van der Waals surface area contributed by atoms with E-state index in [4.69, 9.17) is 11.6 Å². The van der Waals surface area contributed by atoms with Gasteiger partial charge in [-0.2, -0.15) is 5.10 Å². The van der Waals surface area contributed by atoms with E-state index in [0.29, 0.717) is 35.2 Å². The van der Waals surface area contributed by atoms with Crippen molar-refractivity contribution in [2.45, 2.75) is 32.7 Å². The molecule has 1 aliphatic heterocycles. The van der Waals surface area contributed by atoms with Crippen LogP contribution in [0.15, 0.2) is 18.5 Å². The number of aromatic amines is 1. The van der Waals surface area contributed by atoms with Gasteiger partial charge in [-0.15, -0.1) is 0 Å². The molecule has 1 amide bonds. The number of aryl methyl sites for hydroxylation is 1. The quantitative estimate of drug-likeness (QED) is 0.863. The minimum absolute atomic E-state index is 0.139. The van der Waals surface area contributed by atoms with Crippen LogP contribution < -0.4 is 10.2 Å². The normalized spacial score (nSPS) is 20.4. The Hall–Kier alpha value is -2.15. The fourth-order valence-electron chi connectivity index (χ4n) is 3.01. The van der Waals surface area contributed by atoms with E-state index < -0.39 is 0 Å². The van der Waals surface area contributed by atoms with Crippen molar-refractivity contribution in [3.05, 3.63) is 34.9 Å². The fourth-order valence-corrected chi connectivity index (χ4v) is 3.11. The number of nitrogens with one attached hydrogen (secondary N) is 2. The monoisotopic (exact) mass is 348 g/mol. The van der Waals surface area contributed by atoms with E-state index >= 15 is 0 Å². The zero-order chi connectivity index (χ0) is 17.1. The average Bonchev–Trinajstić information content (AvgIpc) is 3.20. The molecule has 2 atom stereocenters. The zero-order valence-electron chi connectivity index (χ0n) is 13.8. The second-order valence-corrected chi connectivity index (χ2v) is 6.58. The molecule has 24 heavy (non-hydrogen) atoms. The number of nitrogens with zero attached hydrogens (tertiary/aromatic N) is 4. The van der Waals surface area contributed by atoms with Crippen molar-refractivity contribution >= 4 is 23.5 Å². The number of H-pyrrole nitrogens is 1. The van der Waals surface area contributed by atoms with E-state index in [-0.39, 0.29) is 5.91 Å². The molecule has 2 unspecified atom stereocenters. The Balaban J connectivity index is 1.55. The standard InChI is InChI=1S/C16H21ClN6O/c1-3-13-5-14(22-21-13)15(24)18-6-11-4-10(2)23(9-11)16-19-7-12(17)8-20-16/h5,7-8,10-11H,3-4,6,9H2,1-2H3,(H,18,24)(H,21,22). The lowest BCUT2D eigenvalue weighted by Gasteiger charge is -2.21. The van der Waals surface area contributed by atoms with Crippen LogP contribution in [0.25, 0.3) is 0 Å². The maximum Gasteiger partial charge on any atom is 0.271 e. The highest BCUT2D eigenvalue weighted by Gasteiger charge is 2.31. The Morgan fingerprint density at radius 2 is 2.21 bits per heavy atom. The van der Waals surface area contributed by atoms with Gasteiger partial charge in [0.2, 0.25) is 5.95 Å². The van der Waals surface area contributed by atoms with Gasteiger partial charge in [-0.1, -0.05) is 18.5 Å². The maximum atomic E-state index is 12.2. The van der Waals surface area contributed by atoms with Gasteiger partial charge in [0, 0.05) is 24.8 Å². The van der Waals surface area contributed by atoms with Gasteiger partial charge in [0.25, 0.3) is 5.91 Å². The smallest absolute Gasteiger partial charge is 0.271 e. The third kappa shape index (κ3) is 3.67. The van der Waals surface area contributed by atoms with E-state index in [1.54, 1.807) is 18.5 Å². The van der Waals surface area contributed by atoms with Crippen molar-refractivity contribution in [3.63, 3.8) is 0 Å². The molecular weight excluding hydrogens is 328 g/mol. The lowest BCUT2D eigenvalue weighted by molar-refractivity contribution is 0.0943. The highest BCUT2D eigenvalue weighted by atomic mass is 35.5. The van der Waals surface area contributed by atoms with Crippen molar-refractivity contribution in [2.24, 2.45) is 5.92 Å². The second-order valence-electron chi connectivity index (χ2n) is 6.15. The lowest BCUT2D eigenvalue weighted by Crippen LogP contribution is -2.32. The Bertz CT molecular complexity index is 701. The molecule has 128 valence electrons. The molecule has 0 bridgehead atoms. The predicted octanol–water partition coefficient (Wildman–Crippen LogP) is 2.06. The summed E-state index contributed by atoms with van der Waals surface area (Å²) < 4.78 is 0. The number of hydrogen-bond acceptors (Lipinski definition) is 5. The van der Waals surface area contributed by atoms with Gasteiger partial charge in [-0.3, -0.25) is 9.89 Å². The summed E-state index contributed by atoms with van der Waals surface area (Å²) in [6.07, 6.45) is 5.02. The summed E-state index contributed by atoms with van der Waals surface area (Å²) in [6.45, 7) is 5.58. The molecule has 2 aromatic rings. The number of aromatic nitrogens is 4. The van der Waals surface area contributed by atoms with Gasteiger partial charge in [0.15, 0.2) is 0 Å². The minimum Gasteiger partial charge on any atom is -0.350 e. The largest absolute Gasteiger partial charge is 0.350 e. The molecule has 3 rings (SSSR count). The first kappa shape index (κ1) is 16.7. The first-order chi connectivity index (χ1) is 11.6. The van der Waals surface area contributed by atoms with Crippen molar-refractivity contribution in [1.29, 1.82) is 0 Å². The highest BCUT2D eigenvalue weighted by molar-refractivity contribution is 6.30. The van der Waals surface area contributed by atoms with Gasteiger partial charge in [-0.25, -0.2) is 9.97 Å². The number of amides is 1. The summed E-state index contributed by atoms with van der Waals surface area (Å²) >= 11 is 5.84. The molecule has 8 heteroatoms. The van der Waals surface area contributed by atoms with Gasteiger partial charge < -0.3 is 10.2 Å². The fraction of sp³-hybridized carbons (Fsp3) is 0.500. The number of halogens is 1. The van der Waals surface area contributed by atoms with Gasteiger partial charge in [0.05, 0.1) is 17.4 Å². The Labute approximate surface area is 145 Å². The van der Waals surface area contributed by atoms with Crippen LogP contribution >= 0.6 is 11.6 Å². The molecule has 1 fully saturated rings. The summed E-state index contributed by atoms with van der Waals surface area (Å²) in [6, 6.07) is 2.12. The van der Waals surface area contributed by atoms with Crippen LogP contribution in [0.3, 0.4) is 0 Å².